The number of nitrogens with one attached hydrogen (secondary N) is 1. The van der Waals surface area contributed by atoms with Gasteiger partial charge in [0.05, 0.1) is 0 Å². The third kappa shape index (κ3) is 2.28. The normalized spacial score (nSPS) is 21.4. The van der Waals surface area contributed by atoms with E-state index >= 15 is 0 Å². The van der Waals surface area contributed by atoms with Crippen molar-refractivity contribution >= 4 is 15.9 Å². The first-order chi connectivity index (χ1) is 6.75. The molecule has 1 aliphatic rings. The van der Waals surface area contributed by atoms with Gasteiger partial charge in [-0.05, 0) is 49.6 Å². The molecule has 0 aromatic heterocycles. The average Bonchev–Trinajstić information content (AvgIpc) is 2.64. The maximum atomic E-state index is 9.65. The van der Waals surface area contributed by atoms with Gasteiger partial charge in [-0.15, -0.1) is 0 Å². The van der Waals surface area contributed by atoms with Crippen molar-refractivity contribution in [1.82, 2.24) is 5.32 Å². The number of phenols is 1. The van der Waals surface area contributed by atoms with E-state index in [1.54, 1.807) is 6.07 Å². The van der Waals surface area contributed by atoms with Crippen LogP contribution in [0.1, 0.15) is 18.4 Å². The van der Waals surface area contributed by atoms with Gasteiger partial charge in [0, 0.05) is 10.5 Å². The van der Waals surface area contributed by atoms with E-state index in [1.165, 1.54) is 12.8 Å². The van der Waals surface area contributed by atoms with Crippen LogP contribution in [0.3, 0.4) is 0 Å². The fraction of sp³-hybridized carbons (Fsp3) is 0.455. The Hall–Kier alpha value is -0.540. The molecule has 1 heterocycles. The van der Waals surface area contributed by atoms with Crippen molar-refractivity contribution in [2.24, 2.45) is 0 Å². The highest BCUT2D eigenvalue weighted by Gasteiger charge is 2.15. The Bertz CT molecular complexity index is 321. The summed E-state index contributed by atoms with van der Waals surface area (Å²) in [6.07, 6.45) is 3.39. The number of hydrogen-bond donors (Lipinski definition) is 2. The lowest BCUT2D eigenvalue weighted by molar-refractivity contribution is 0.462. The molecule has 0 spiro atoms. The Morgan fingerprint density at radius 2 is 2.36 bits per heavy atom. The molecule has 1 aliphatic heterocycles. The molecule has 1 atom stereocenters. The second kappa shape index (κ2) is 4.32. The molecule has 1 unspecified atom stereocenters. The Morgan fingerprint density at radius 3 is 3.07 bits per heavy atom. The van der Waals surface area contributed by atoms with Gasteiger partial charge < -0.3 is 10.4 Å². The molecule has 0 radical (unpaired) electrons. The number of aromatic hydroxyl groups is 1. The summed E-state index contributed by atoms with van der Waals surface area (Å²) in [6.45, 7) is 1.11. The summed E-state index contributed by atoms with van der Waals surface area (Å²) < 4.78 is 1.03. The van der Waals surface area contributed by atoms with E-state index in [0.717, 1.165) is 23.0 Å². The average molecular weight is 256 g/mol. The Morgan fingerprint density at radius 1 is 1.50 bits per heavy atom. The molecule has 1 saturated heterocycles. The first kappa shape index (κ1) is 9.99. The Kier molecular flexibility index (Phi) is 3.08. The third-order valence-corrected chi connectivity index (χ3v) is 3.16. The number of benzene rings is 1. The van der Waals surface area contributed by atoms with Crippen molar-refractivity contribution in [3.8, 4) is 5.75 Å². The molecule has 14 heavy (non-hydrogen) atoms. The van der Waals surface area contributed by atoms with Crippen LogP contribution in [-0.4, -0.2) is 17.7 Å². The number of halogens is 1. The van der Waals surface area contributed by atoms with E-state index in [4.69, 9.17) is 0 Å². The van der Waals surface area contributed by atoms with Crippen LogP contribution in [0.4, 0.5) is 0 Å². The topological polar surface area (TPSA) is 32.3 Å². The largest absolute Gasteiger partial charge is 0.508 e. The predicted octanol–water partition coefficient (Wildman–Crippen LogP) is 2.45. The van der Waals surface area contributed by atoms with Crippen LogP contribution in [0.25, 0.3) is 0 Å². The zero-order chi connectivity index (χ0) is 9.97. The fourth-order valence-corrected chi connectivity index (χ4v) is 2.32. The van der Waals surface area contributed by atoms with Gasteiger partial charge in [-0.2, -0.15) is 0 Å². The van der Waals surface area contributed by atoms with Gasteiger partial charge in [0.25, 0.3) is 0 Å². The highest BCUT2D eigenvalue weighted by atomic mass is 79.9. The summed E-state index contributed by atoms with van der Waals surface area (Å²) in [7, 11) is 0. The van der Waals surface area contributed by atoms with E-state index < -0.39 is 0 Å². The number of rotatable bonds is 2. The molecule has 2 rings (SSSR count). The minimum absolute atomic E-state index is 0.405. The molecular weight excluding hydrogens is 242 g/mol. The molecule has 0 aliphatic carbocycles. The molecule has 2 nitrogen and oxygen atoms in total. The Labute approximate surface area is 92.5 Å². The lowest BCUT2D eigenvalue weighted by Crippen LogP contribution is -2.23. The maximum Gasteiger partial charge on any atom is 0.118 e. The molecule has 76 valence electrons. The third-order valence-electron chi connectivity index (χ3n) is 2.67. The van der Waals surface area contributed by atoms with E-state index in [-0.39, 0.29) is 0 Å². The van der Waals surface area contributed by atoms with E-state index in [1.807, 2.05) is 12.1 Å². The van der Waals surface area contributed by atoms with Crippen LogP contribution < -0.4 is 5.32 Å². The van der Waals surface area contributed by atoms with Crippen molar-refractivity contribution in [3.05, 3.63) is 28.2 Å². The Balaban J connectivity index is 2.10. The minimum atomic E-state index is 0.405. The summed E-state index contributed by atoms with van der Waals surface area (Å²) in [5.41, 5.74) is 1.03. The number of phenolic OH excluding ortho intramolecular Hbond substituents is 1. The van der Waals surface area contributed by atoms with Gasteiger partial charge >= 0.3 is 0 Å². The van der Waals surface area contributed by atoms with Crippen LogP contribution in [0.2, 0.25) is 0 Å². The summed E-state index contributed by atoms with van der Waals surface area (Å²) in [5, 5.41) is 13.1. The van der Waals surface area contributed by atoms with Gasteiger partial charge in [-0.25, -0.2) is 0 Å². The number of hydrogen-bond acceptors (Lipinski definition) is 2. The van der Waals surface area contributed by atoms with Gasteiger partial charge in [0.15, 0.2) is 0 Å². The van der Waals surface area contributed by atoms with Crippen LogP contribution in [0.5, 0.6) is 5.75 Å². The molecule has 1 fully saturated rings. The molecule has 1 aromatic carbocycles. The standard InChI is InChI=1S/C11H14BrNO/c12-9-3-4-11(14)8(6-9)7-10-2-1-5-13-10/h3-4,6,10,13-14H,1-2,5,7H2. The second-order valence-electron chi connectivity index (χ2n) is 3.77. The van der Waals surface area contributed by atoms with Crippen molar-refractivity contribution in [2.75, 3.05) is 6.54 Å². The quantitative estimate of drug-likeness (QED) is 0.851. The van der Waals surface area contributed by atoms with Gasteiger partial charge in [0.1, 0.15) is 5.75 Å². The second-order valence-corrected chi connectivity index (χ2v) is 4.69. The van der Waals surface area contributed by atoms with Crippen LogP contribution in [0.15, 0.2) is 22.7 Å². The maximum absolute atomic E-state index is 9.65. The van der Waals surface area contributed by atoms with Gasteiger partial charge in [-0.3, -0.25) is 0 Å². The van der Waals surface area contributed by atoms with E-state index in [9.17, 15) is 5.11 Å². The van der Waals surface area contributed by atoms with Crippen molar-refractivity contribution < 1.29 is 5.11 Å². The van der Waals surface area contributed by atoms with Gasteiger partial charge in [-0.1, -0.05) is 15.9 Å². The summed E-state index contributed by atoms with van der Waals surface area (Å²) >= 11 is 3.41. The SMILES string of the molecule is Oc1ccc(Br)cc1CC1CCCN1. The monoisotopic (exact) mass is 255 g/mol. The minimum Gasteiger partial charge on any atom is -0.508 e. The molecule has 3 heteroatoms. The van der Waals surface area contributed by atoms with E-state index in [2.05, 4.69) is 21.2 Å². The first-order valence-electron chi connectivity index (χ1n) is 4.96. The van der Waals surface area contributed by atoms with Crippen LogP contribution >= 0.6 is 15.9 Å². The highest BCUT2D eigenvalue weighted by molar-refractivity contribution is 9.10. The lowest BCUT2D eigenvalue weighted by atomic mass is 10.0. The summed E-state index contributed by atoms with van der Waals surface area (Å²) in [6, 6.07) is 6.14. The van der Waals surface area contributed by atoms with Crippen LogP contribution in [0, 0.1) is 0 Å². The smallest absolute Gasteiger partial charge is 0.118 e. The van der Waals surface area contributed by atoms with Crippen molar-refractivity contribution in [1.29, 1.82) is 0 Å². The fourth-order valence-electron chi connectivity index (χ4n) is 1.91. The molecule has 0 amide bonds. The molecular formula is C11H14BrNO. The van der Waals surface area contributed by atoms with E-state index in [0.29, 0.717) is 11.8 Å². The molecule has 2 N–H and O–H groups in total. The van der Waals surface area contributed by atoms with Crippen LogP contribution in [-0.2, 0) is 6.42 Å². The molecule has 0 bridgehead atoms. The summed E-state index contributed by atoms with van der Waals surface area (Å²) in [5.74, 6) is 0.405. The zero-order valence-electron chi connectivity index (χ0n) is 7.96. The molecule has 1 aromatic rings. The lowest BCUT2D eigenvalue weighted by Gasteiger charge is -2.11. The van der Waals surface area contributed by atoms with Crippen molar-refractivity contribution in [2.45, 2.75) is 25.3 Å². The highest BCUT2D eigenvalue weighted by Crippen LogP contribution is 2.24. The van der Waals surface area contributed by atoms with Gasteiger partial charge in [0.2, 0.25) is 0 Å². The molecule has 0 saturated carbocycles. The summed E-state index contributed by atoms with van der Waals surface area (Å²) in [4.78, 5) is 0. The first-order valence-corrected chi connectivity index (χ1v) is 5.76. The van der Waals surface area contributed by atoms with Crippen molar-refractivity contribution in [3.63, 3.8) is 0 Å². The predicted molar refractivity (Wildman–Crippen MR) is 60.5 cm³/mol. The zero-order valence-corrected chi connectivity index (χ0v) is 9.55.